The van der Waals surface area contributed by atoms with Crippen molar-refractivity contribution in [3.8, 4) is 5.75 Å². The van der Waals surface area contributed by atoms with Crippen LogP contribution in [-0.2, 0) is 4.79 Å². The Balaban J connectivity index is 1.42. The molecule has 0 saturated carbocycles. The van der Waals surface area contributed by atoms with Crippen molar-refractivity contribution in [2.45, 2.75) is 18.9 Å². The van der Waals surface area contributed by atoms with Gasteiger partial charge in [-0.2, -0.15) is 8.75 Å². The number of carbonyl (C=O) groups excluding carboxylic acids is 1. The number of nitrogens with one attached hydrogen (secondary N) is 1. The summed E-state index contributed by atoms with van der Waals surface area (Å²) in [5.41, 5.74) is 0. The summed E-state index contributed by atoms with van der Waals surface area (Å²) in [4.78, 5) is 14.1. The van der Waals surface area contributed by atoms with Gasteiger partial charge in [-0.25, -0.2) is 4.39 Å². The predicted octanol–water partition coefficient (Wildman–Crippen LogP) is 1.84. The van der Waals surface area contributed by atoms with Crippen molar-refractivity contribution in [3.63, 3.8) is 0 Å². The Bertz CT molecular complexity index is 645. The Hall–Kier alpha value is -2.22. The highest BCUT2D eigenvalue weighted by molar-refractivity contribution is 6.99. The van der Waals surface area contributed by atoms with E-state index >= 15 is 0 Å². The second kappa shape index (κ2) is 7.36. The van der Waals surface area contributed by atoms with Crippen LogP contribution < -0.4 is 15.0 Å². The van der Waals surface area contributed by atoms with E-state index in [0.717, 1.165) is 31.7 Å². The fraction of sp³-hybridized carbons (Fsp3) is 0.400. The van der Waals surface area contributed by atoms with Crippen LogP contribution in [-0.4, -0.2) is 40.4 Å². The van der Waals surface area contributed by atoms with Gasteiger partial charge in [-0.05, 0) is 25.0 Å². The first-order chi connectivity index (χ1) is 11.2. The molecule has 8 heteroatoms. The van der Waals surface area contributed by atoms with Crippen LogP contribution in [0.2, 0.25) is 0 Å². The Morgan fingerprint density at radius 1 is 1.39 bits per heavy atom. The van der Waals surface area contributed by atoms with Gasteiger partial charge in [0.15, 0.2) is 24.0 Å². The lowest BCUT2D eigenvalue weighted by Crippen LogP contribution is -2.46. The second-order valence-electron chi connectivity index (χ2n) is 5.31. The van der Waals surface area contributed by atoms with Crippen LogP contribution in [0.5, 0.6) is 5.75 Å². The molecule has 1 aromatic heterocycles. The van der Waals surface area contributed by atoms with Crippen LogP contribution in [0.15, 0.2) is 30.5 Å². The average Bonchev–Trinajstić information content (AvgIpc) is 3.09. The smallest absolute Gasteiger partial charge is 0.258 e. The van der Waals surface area contributed by atoms with Gasteiger partial charge in [-0.3, -0.25) is 4.79 Å². The molecule has 3 rings (SSSR count). The summed E-state index contributed by atoms with van der Waals surface area (Å²) in [5, 5.41) is 2.93. The van der Waals surface area contributed by atoms with Crippen molar-refractivity contribution in [2.24, 2.45) is 0 Å². The number of amides is 1. The SMILES string of the molecule is O=C(COc1ccccc1F)NC1CCN(c2cnsn2)CC1. The molecule has 0 bridgehead atoms. The third-order valence-electron chi connectivity index (χ3n) is 3.73. The number of carbonyl (C=O) groups is 1. The van der Waals surface area contributed by atoms with Crippen molar-refractivity contribution >= 4 is 23.5 Å². The standard InChI is InChI=1S/C15H17FN4O2S/c16-12-3-1-2-4-13(12)22-10-15(21)18-11-5-7-20(8-6-11)14-9-17-23-19-14/h1-4,9,11H,5-8,10H2,(H,18,21). The van der Waals surface area contributed by atoms with Crippen LogP contribution >= 0.6 is 11.7 Å². The van der Waals surface area contributed by atoms with Gasteiger partial charge < -0.3 is 15.0 Å². The lowest BCUT2D eigenvalue weighted by Gasteiger charge is -2.32. The summed E-state index contributed by atoms with van der Waals surface area (Å²) in [5.74, 6) is 0.281. The topological polar surface area (TPSA) is 67.3 Å². The highest BCUT2D eigenvalue weighted by Gasteiger charge is 2.22. The molecule has 0 spiro atoms. The summed E-state index contributed by atoms with van der Waals surface area (Å²) in [6, 6.07) is 6.15. The minimum atomic E-state index is -0.467. The van der Waals surface area contributed by atoms with Gasteiger partial charge in [0.2, 0.25) is 0 Å². The average molecular weight is 336 g/mol. The van der Waals surface area contributed by atoms with E-state index < -0.39 is 5.82 Å². The van der Waals surface area contributed by atoms with Crippen LogP contribution in [0.25, 0.3) is 0 Å². The third-order valence-corrected chi connectivity index (χ3v) is 4.20. The Kier molecular flexibility index (Phi) is 5.02. The molecule has 23 heavy (non-hydrogen) atoms. The number of anilines is 1. The van der Waals surface area contributed by atoms with Crippen molar-refractivity contribution < 1.29 is 13.9 Å². The van der Waals surface area contributed by atoms with Gasteiger partial charge in [0.1, 0.15) is 0 Å². The minimum Gasteiger partial charge on any atom is -0.481 e. The van der Waals surface area contributed by atoms with E-state index in [1.165, 1.54) is 23.9 Å². The number of hydrogen-bond acceptors (Lipinski definition) is 6. The van der Waals surface area contributed by atoms with E-state index in [9.17, 15) is 9.18 Å². The Morgan fingerprint density at radius 3 is 2.87 bits per heavy atom. The molecule has 122 valence electrons. The van der Waals surface area contributed by atoms with Crippen molar-refractivity contribution in [1.29, 1.82) is 0 Å². The Labute approximate surface area is 137 Å². The van der Waals surface area contributed by atoms with Crippen LogP contribution in [0.3, 0.4) is 0 Å². The fourth-order valence-electron chi connectivity index (χ4n) is 2.53. The second-order valence-corrected chi connectivity index (χ2v) is 5.87. The first-order valence-corrected chi connectivity index (χ1v) is 8.14. The lowest BCUT2D eigenvalue weighted by molar-refractivity contribution is -0.124. The molecule has 1 saturated heterocycles. The maximum Gasteiger partial charge on any atom is 0.258 e. The molecule has 1 aliphatic rings. The van der Waals surface area contributed by atoms with E-state index in [1.807, 2.05) is 0 Å². The maximum absolute atomic E-state index is 13.4. The number of piperidine rings is 1. The molecule has 0 atom stereocenters. The number of nitrogens with zero attached hydrogens (tertiary/aromatic N) is 3. The van der Waals surface area contributed by atoms with Crippen LogP contribution in [0.1, 0.15) is 12.8 Å². The van der Waals surface area contributed by atoms with Gasteiger partial charge in [-0.15, -0.1) is 0 Å². The molecule has 2 aromatic rings. The Morgan fingerprint density at radius 2 is 2.17 bits per heavy atom. The summed E-state index contributed by atoms with van der Waals surface area (Å²) in [6.07, 6.45) is 3.43. The van der Waals surface area contributed by atoms with Gasteiger partial charge in [0.25, 0.3) is 5.91 Å². The molecule has 1 aliphatic heterocycles. The van der Waals surface area contributed by atoms with Gasteiger partial charge in [-0.1, -0.05) is 12.1 Å². The molecule has 1 amide bonds. The number of ether oxygens (including phenoxy) is 1. The molecule has 0 unspecified atom stereocenters. The normalized spacial score (nSPS) is 15.4. The van der Waals surface area contributed by atoms with Gasteiger partial charge >= 0.3 is 0 Å². The predicted molar refractivity (Wildman–Crippen MR) is 85.2 cm³/mol. The zero-order valence-corrected chi connectivity index (χ0v) is 13.3. The summed E-state index contributed by atoms with van der Waals surface area (Å²) in [6.45, 7) is 1.46. The molecular formula is C15H17FN4O2S. The van der Waals surface area contributed by atoms with Gasteiger partial charge in [0, 0.05) is 19.1 Å². The number of para-hydroxylation sites is 1. The quantitative estimate of drug-likeness (QED) is 0.902. The van der Waals surface area contributed by atoms with Crippen molar-refractivity contribution in [2.75, 3.05) is 24.6 Å². The third kappa shape index (κ3) is 4.16. The molecule has 1 N–H and O–H groups in total. The van der Waals surface area contributed by atoms with E-state index in [-0.39, 0.29) is 24.3 Å². The van der Waals surface area contributed by atoms with Gasteiger partial charge in [0.05, 0.1) is 17.9 Å². The number of hydrogen-bond donors (Lipinski definition) is 1. The molecule has 2 heterocycles. The van der Waals surface area contributed by atoms with E-state index in [0.29, 0.717) is 0 Å². The zero-order chi connectivity index (χ0) is 16.1. The van der Waals surface area contributed by atoms with E-state index in [4.69, 9.17) is 4.74 Å². The molecule has 0 radical (unpaired) electrons. The van der Waals surface area contributed by atoms with Crippen LogP contribution in [0.4, 0.5) is 10.2 Å². The number of aromatic nitrogens is 2. The van der Waals surface area contributed by atoms with E-state index in [1.54, 1.807) is 18.3 Å². The highest BCUT2D eigenvalue weighted by atomic mass is 32.1. The first-order valence-electron chi connectivity index (χ1n) is 7.41. The zero-order valence-electron chi connectivity index (χ0n) is 12.4. The van der Waals surface area contributed by atoms with Crippen molar-refractivity contribution in [1.82, 2.24) is 14.1 Å². The monoisotopic (exact) mass is 336 g/mol. The fourth-order valence-corrected chi connectivity index (χ4v) is 2.96. The maximum atomic E-state index is 13.4. The summed E-state index contributed by atoms with van der Waals surface area (Å²) >= 11 is 1.19. The summed E-state index contributed by atoms with van der Waals surface area (Å²) < 4.78 is 26.8. The molecule has 0 aliphatic carbocycles. The summed E-state index contributed by atoms with van der Waals surface area (Å²) in [7, 11) is 0. The lowest BCUT2D eigenvalue weighted by atomic mass is 10.1. The van der Waals surface area contributed by atoms with Crippen LogP contribution in [0, 0.1) is 5.82 Å². The molecule has 1 fully saturated rings. The number of rotatable bonds is 5. The molecule has 1 aromatic carbocycles. The van der Waals surface area contributed by atoms with E-state index in [2.05, 4.69) is 19.0 Å². The minimum absolute atomic E-state index is 0.0912. The molecular weight excluding hydrogens is 319 g/mol. The first kappa shape index (κ1) is 15.7. The molecule has 6 nitrogen and oxygen atoms in total. The number of halogens is 1. The highest BCUT2D eigenvalue weighted by Crippen LogP contribution is 2.18. The van der Waals surface area contributed by atoms with Crippen molar-refractivity contribution in [3.05, 3.63) is 36.3 Å². The number of benzene rings is 1. The largest absolute Gasteiger partial charge is 0.481 e.